The van der Waals surface area contributed by atoms with E-state index in [0.717, 1.165) is 44.5 Å². The average Bonchev–Trinajstić information content (AvgIpc) is 2.43. The van der Waals surface area contributed by atoms with Crippen molar-refractivity contribution in [3.63, 3.8) is 0 Å². The minimum absolute atomic E-state index is 0.00354. The van der Waals surface area contributed by atoms with Crippen LogP contribution in [0.5, 0.6) is 11.5 Å². The molecule has 1 aromatic rings. The molecule has 0 heterocycles. The maximum absolute atomic E-state index is 10.0. The maximum Gasteiger partial charge on any atom is 0.160 e. The van der Waals surface area contributed by atoms with Gasteiger partial charge in [0.25, 0.3) is 0 Å². The molecule has 0 aliphatic rings. The van der Waals surface area contributed by atoms with E-state index in [9.17, 15) is 10.2 Å². The van der Waals surface area contributed by atoms with Gasteiger partial charge in [-0.1, -0.05) is 33.3 Å². The lowest BCUT2D eigenvalue weighted by Crippen LogP contribution is -2.28. The van der Waals surface area contributed by atoms with Crippen LogP contribution in [0.3, 0.4) is 0 Å². The molecule has 0 bridgehead atoms. The molecule has 0 unspecified atom stereocenters. The number of aromatic hydroxyl groups is 2. The highest BCUT2D eigenvalue weighted by Crippen LogP contribution is 2.32. The molecule has 0 atom stereocenters. The predicted octanol–water partition coefficient (Wildman–Crippen LogP) is 3.71. The van der Waals surface area contributed by atoms with Crippen molar-refractivity contribution in [3.8, 4) is 11.5 Å². The van der Waals surface area contributed by atoms with Crippen LogP contribution in [0.1, 0.15) is 51.2 Å². The van der Waals surface area contributed by atoms with Crippen molar-refractivity contribution < 1.29 is 10.2 Å². The number of rotatable bonds is 9. The van der Waals surface area contributed by atoms with Gasteiger partial charge in [0.15, 0.2) is 11.5 Å². The molecule has 0 amide bonds. The van der Waals surface area contributed by atoms with Gasteiger partial charge in [-0.25, -0.2) is 0 Å². The second-order valence-electron chi connectivity index (χ2n) is 5.41. The van der Waals surface area contributed by atoms with Gasteiger partial charge in [0.2, 0.25) is 0 Å². The van der Waals surface area contributed by atoms with E-state index >= 15 is 0 Å². The van der Waals surface area contributed by atoms with Gasteiger partial charge in [0.05, 0.1) is 0 Å². The molecule has 0 aliphatic heterocycles. The van der Waals surface area contributed by atoms with Gasteiger partial charge in [0.1, 0.15) is 0 Å². The monoisotopic (exact) mass is 279 g/mol. The molecule has 1 aromatic carbocycles. The van der Waals surface area contributed by atoms with Crippen LogP contribution in [-0.4, -0.2) is 34.7 Å². The average molecular weight is 279 g/mol. The molecule has 0 aliphatic carbocycles. The molecule has 114 valence electrons. The van der Waals surface area contributed by atoms with E-state index in [2.05, 4.69) is 25.7 Å². The van der Waals surface area contributed by atoms with Crippen LogP contribution in [0.15, 0.2) is 12.1 Å². The number of hydrogen-bond acceptors (Lipinski definition) is 3. The van der Waals surface area contributed by atoms with E-state index in [0.29, 0.717) is 0 Å². The van der Waals surface area contributed by atoms with Crippen molar-refractivity contribution in [3.05, 3.63) is 23.3 Å². The highest BCUT2D eigenvalue weighted by atomic mass is 16.3. The third-order valence-corrected chi connectivity index (χ3v) is 3.64. The Morgan fingerprint density at radius 1 is 0.850 bits per heavy atom. The van der Waals surface area contributed by atoms with Gasteiger partial charge < -0.3 is 15.1 Å². The van der Waals surface area contributed by atoms with E-state index in [1.165, 1.54) is 18.4 Å². The summed E-state index contributed by atoms with van der Waals surface area (Å²) in [5.74, 6) is 0.0676. The van der Waals surface area contributed by atoms with Gasteiger partial charge in [-0.15, -0.1) is 0 Å². The minimum Gasteiger partial charge on any atom is -0.504 e. The lowest BCUT2D eigenvalue weighted by Gasteiger charge is -2.22. The summed E-state index contributed by atoms with van der Waals surface area (Å²) >= 11 is 0. The van der Waals surface area contributed by atoms with E-state index in [4.69, 9.17) is 0 Å². The number of nitrogens with zero attached hydrogens (tertiary/aromatic N) is 1. The molecule has 2 N–H and O–H groups in total. The van der Waals surface area contributed by atoms with Crippen molar-refractivity contribution in [2.45, 2.75) is 52.9 Å². The third kappa shape index (κ3) is 4.71. The van der Waals surface area contributed by atoms with Crippen LogP contribution in [0, 0.1) is 0 Å². The summed E-state index contributed by atoms with van der Waals surface area (Å²) in [5.41, 5.74) is 2.08. The van der Waals surface area contributed by atoms with Gasteiger partial charge >= 0.3 is 0 Å². The van der Waals surface area contributed by atoms with Gasteiger partial charge in [0, 0.05) is 12.1 Å². The molecular weight excluding hydrogens is 250 g/mol. The SMILES string of the molecule is CCCc1c(CCN(CCC)CCC)ccc(O)c1O. The zero-order valence-corrected chi connectivity index (χ0v) is 13.2. The Kier molecular flexibility index (Phi) is 7.45. The van der Waals surface area contributed by atoms with Crippen LogP contribution in [0.25, 0.3) is 0 Å². The predicted molar refractivity (Wildman–Crippen MR) is 84.5 cm³/mol. The molecule has 0 aromatic heterocycles. The molecule has 1 rings (SSSR count). The van der Waals surface area contributed by atoms with Gasteiger partial charge in [-0.3, -0.25) is 0 Å². The molecule has 0 saturated carbocycles. The zero-order valence-electron chi connectivity index (χ0n) is 13.2. The highest BCUT2D eigenvalue weighted by Gasteiger charge is 2.12. The van der Waals surface area contributed by atoms with Crippen molar-refractivity contribution in [1.82, 2.24) is 4.90 Å². The first-order valence-corrected chi connectivity index (χ1v) is 7.89. The minimum atomic E-state index is -0.00354. The summed E-state index contributed by atoms with van der Waals surface area (Å²) in [6.45, 7) is 9.77. The lowest BCUT2D eigenvalue weighted by molar-refractivity contribution is 0.277. The Morgan fingerprint density at radius 2 is 1.50 bits per heavy atom. The molecule has 0 fully saturated rings. The molecule has 0 saturated heterocycles. The Hall–Kier alpha value is -1.22. The summed E-state index contributed by atoms with van der Waals surface area (Å²) in [5, 5.41) is 19.7. The third-order valence-electron chi connectivity index (χ3n) is 3.64. The van der Waals surface area contributed by atoms with E-state index < -0.39 is 0 Å². The van der Waals surface area contributed by atoms with E-state index in [-0.39, 0.29) is 11.5 Å². The van der Waals surface area contributed by atoms with Crippen molar-refractivity contribution in [2.75, 3.05) is 19.6 Å². The first-order chi connectivity index (χ1) is 9.63. The zero-order chi connectivity index (χ0) is 15.0. The fourth-order valence-electron chi connectivity index (χ4n) is 2.68. The van der Waals surface area contributed by atoms with Gasteiger partial charge in [-0.05, 0) is 50.4 Å². The Morgan fingerprint density at radius 3 is 2.05 bits per heavy atom. The molecule has 0 spiro atoms. The number of hydrogen-bond donors (Lipinski definition) is 2. The molecular formula is C17H29NO2. The largest absolute Gasteiger partial charge is 0.504 e. The normalized spacial score (nSPS) is 11.2. The Labute approximate surface area is 123 Å². The topological polar surface area (TPSA) is 43.7 Å². The first-order valence-electron chi connectivity index (χ1n) is 7.89. The quantitative estimate of drug-likeness (QED) is 0.677. The fourth-order valence-corrected chi connectivity index (χ4v) is 2.68. The number of phenolic OH excluding ortho intramolecular Hbond substituents is 2. The highest BCUT2D eigenvalue weighted by molar-refractivity contribution is 5.49. The van der Waals surface area contributed by atoms with Crippen molar-refractivity contribution in [2.24, 2.45) is 0 Å². The number of benzene rings is 1. The standard InChI is InChI=1S/C17H29NO2/c1-4-7-15-14(8-9-16(19)17(15)20)10-13-18(11-5-2)12-6-3/h8-9,19-20H,4-7,10-13H2,1-3H3. The second kappa shape index (κ2) is 8.85. The Balaban J connectivity index is 2.77. The van der Waals surface area contributed by atoms with Crippen LogP contribution >= 0.6 is 0 Å². The van der Waals surface area contributed by atoms with E-state index in [1.54, 1.807) is 6.07 Å². The second-order valence-corrected chi connectivity index (χ2v) is 5.41. The molecule has 3 nitrogen and oxygen atoms in total. The smallest absolute Gasteiger partial charge is 0.160 e. The first kappa shape index (κ1) is 16.8. The summed E-state index contributed by atoms with van der Waals surface area (Å²) in [7, 11) is 0. The fraction of sp³-hybridized carbons (Fsp3) is 0.647. The summed E-state index contributed by atoms with van der Waals surface area (Å²) < 4.78 is 0. The Bertz CT molecular complexity index is 398. The number of phenols is 2. The summed E-state index contributed by atoms with van der Waals surface area (Å²) in [4.78, 5) is 2.47. The summed E-state index contributed by atoms with van der Waals surface area (Å²) in [6.07, 6.45) is 5.06. The molecule has 3 heteroatoms. The van der Waals surface area contributed by atoms with Crippen LogP contribution in [0.4, 0.5) is 0 Å². The maximum atomic E-state index is 10.0. The molecule has 20 heavy (non-hydrogen) atoms. The van der Waals surface area contributed by atoms with Crippen molar-refractivity contribution >= 4 is 0 Å². The van der Waals surface area contributed by atoms with Crippen LogP contribution in [-0.2, 0) is 12.8 Å². The van der Waals surface area contributed by atoms with E-state index in [1.807, 2.05) is 6.07 Å². The summed E-state index contributed by atoms with van der Waals surface area (Å²) in [6, 6.07) is 3.56. The van der Waals surface area contributed by atoms with Crippen LogP contribution in [0.2, 0.25) is 0 Å². The molecule has 0 radical (unpaired) electrons. The lowest BCUT2D eigenvalue weighted by atomic mass is 9.98. The van der Waals surface area contributed by atoms with Gasteiger partial charge in [-0.2, -0.15) is 0 Å². The van der Waals surface area contributed by atoms with Crippen LogP contribution < -0.4 is 0 Å². The van der Waals surface area contributed by atoms with Crippen molar-refractivity contribution in [1.29, 1.82) is 0 Å².